The third-order valence-electron chi connectivity index (χ3n) is 3.68. The van der Waals surface area contributed by atoms with Crippen LogP contribution in [0.15, 0.2) is 18.2 Å². The van der Waals surface area contributed by atoms with E-state index < -0.39 is 0 Å². The van der Waals surface area contributed by atoms with E-state index >= 15 is 0 Å². The van der Waals surface area contributed by atoms with Crippen LogP contribution in [0.3, 0.4) is 0 Å². The Balaban J connectivity index is 2.31. The van der Waals surface area contributed by atoms with E-state index in [1.54, 1.807) is 12.1 Å². The van der Waals surface area contributed by atoms with Crippen LogP contribution < -0.4 is 10.6 Å². The standard InChI is InChI=1S/C15H23FN2/c1-10-6-12(3)18(9-10)15-5-4-14(16)8-13(15)7-11(2)17/h4-5,8,10-12H,6-7,9,17H2,1-3H3. The van der Waals surface area contributed by atoms with Gasteiger partial charge in [-0.1, -0.05) is 6.92 Å². The molecule has 100 valence electrons. The highest BCUT2D eigenvalue weighted by atomic mass is 19.1. The Hall–Kier alpha value is -1.09. The number of halogens is 1. The minimum Gasteiger partial charge on any atom is -0.368 e. The van der Waals surface area contributed by atoms with Crippen LogP contribution in [0.25, 0.3) is 0 Å². The van der Waals surface area contributed by atoms with Gasteiger partial charge < -0.3 is 10.6 Å². The summed E-state index contributed by atoms with van der Waals surface area (Å²) in [5.74, 6) is 0.530. The third kappa shape index (κ3) is 2.83. The number of hydrogen-bond donors (Lipinski definition) is 1. The van der Waals surface area contributed by atoms with E-state index in [0.717, 1.165) is 24.2 Å². The van der Waals surface area contributed by atoms with Gasteiger partial charge in [0.15, 0.2) is 0 Å². The summed E-state index contributed by atoms with van der Waals surface area (Å²) in [4.78, 5) is 2.39. The molecule has 0 amide bonds. The predicted molar refractivity (Wildman–Crippen MR) is 74.3 cm³/mol. The summed E-state index contributed by atoms with van der Waals surface area (Å²) in [6.45, 7) is 7.53. The van der Waals surface area contributed by atoms with Crippen molar-refractivity contribution in [2.75, 3.05) is 11.4 Å². The summed E-state index contributed by atoms with van der Waals surface area (Å²) in [6, 6.07) is 5.67. The first-order chi connectivity index (χ1) is 8.47. The van der Waals surface area contributed by atoms with Crippen molar-refractivity contribution < 1.29 is 4.39 Å². The fourth-order valence-corrected chi connectivity index (χ4v) is 2.98. The van der Waals surface area contributed by atoms with Crippen molar-refractivity contribution in [3.05, 3.63) is 29.6 Å². The lowest BCUT2D eigenvalue weighted by atomic mass is 10.0. The van der Waals surface area contributed by atoms with Gasteiger partial charge in [-0.2, -0.15) is 0 Å². The SMILES string of the molecule is CC(N)Cc1cc(F)ccc1N1CC(C)CC1C. The van der Waals surface area contributed by atoms with Crippen LogP contribution in [-0.2, 0) is 6.42 Å². The Morgan fingerprint density at radius 3 is 2.72 bits per heavy atom. The zero-order valence-electron chi connectivity index (χ0n) is 11.5. The van der Waals surface area contributed by atoms with E-state index in [4.69, 9.17) is 5.73 Å². The van der Waals surface area contributed by atoms with Gasteiger partial charge >= 0.3 is 0 Å². The second kappa shape index (κ2) is 5.27. The molecule has 1 heterocycles. The Morgan fingerprint density at radius 1 is 1.44 bits per heavy atom. The summed E-state index contributed by atoms with van der Waals surface area (Å²) in [7, 11) is 0. The quantitative estimate of drug-likeness (QED) is 0.893. The Morgan fingerprint density at radius 2 is 2.17 bits per heavy atom. The normalized spacial score (nSPS) is 25.5. The van der Waals surface area contributed by atoms with Gasteiger partial charge in [-0.15, -0.1) is 0 Å². The van der Waals surface area contributed by atoms with E-state index in [1.807, 2.05) is 13.0 Å². The van der Waals surface area contributed by atoms with Gasteiger partial charge in [0, 0.05) is 24.3 Å². The van der Waals surface area contributed by atoms with Crippen molar-refractivity contribution in [1.29, 1.82) is 0 Å². The number of benzene rings is 1. The lowest BCUT2D eigenvalue weighted by Crippen LogP contribution is -2.29. The first-order valence-electron chi connectivity index (χ1n) is 6.78. The van der Waals surface area contributed by atoms with Gasteiger partial charge in [0.2, 0.25) is 0 Å². The fourth-order valence-electron chi connectivity index (χ4n) is 2.98. The summed E-state index contributed by atoms with van der Waals surface area (Å²) < 4.78 is 13.4. The molecule has 1 aromatic rings. The molecule has 0 bridgehead atoms. The van der Waals surface area contributed by atoms with Gasteiger partial charge in [0.05, 0.1) is 0 Å². The molecule has 3 atom stereocenters. The van der Waals surface area contributed by atoms with Crippen molar-refractivity contribution in [3.63, 3.8) is 0 Å². The summed E-state index contributed by atoms with van der Waals surface area (Å²) in [6.07, 6.45) is 1.93. The first-order valence-corrected chi connectivity index (χ1v) is 6.78. The Kier molecular flexibility index (Phi) is 3.91. The zero-order chi connectivity index (χ0) is 13.3. The Labute approximate surface area is 109 Å². The second-order valence-corrected chi connectivity index (χ2v) is 5.80. The van der Waals surface area contributed by atoms with Crippen LogP contribution in [0.5, 0.6) is 0 Å². The molecule has 2 nitrogen and oxygen atoms in total. The van der Waals surface area contributed by atoms with Crippen LogP contribution in [0.4, 0.5) is 10.1 Å². The number of nitrogens with two attached hydrogens (primary N) is 1. The number of anilines is 1. The van der Waals surface area contributed by atoms with Crippen molar-refractivity contribution in [1.82, 2.24) is 0 Å². The largest absolute Gasteiger partial charge is 0.368 e. The molecular weight excluding hydrogens is 227 g/mol. The minimum atomic E-state index is -0.172. The molecule has 0 radical (unpaired) electrons. The molecule has 0 saturated carbocycles. The molecule has 1 aliphatic heterocycles. The maximum atomic E-state index is 13.4. The lowest BCUT2D eigenvalue weighted by molar-refractivity contribution is 0.620. The smallest absolute Gasteiger partial charge is 0.123 e. The van der Waals surface area contributed by atoms with Crippen LogP contribution in [-0.4, -0.2) is 18.6 Å². The molecule has 3 unspecified atom stereocenters. The van der Waals surface area contributed by atoms with Gasteiger partial charge in [-0.05, 0) is 56.4 Å². The molecule has 1 fully saturated rings. The molecule has 1 aliphatic rings. The average molecular weight is 250 g/mol. The highest BCUT2D eigenvalue weighted by Crippen LogP contribution is 2.32. The maximum Gasteiger partial charge on any atom is 0.123 e. The van der Waals surface area contributed by atoms with E-state index in [0.29, 0.717) is 12.0 Å². The molecular formula is C15H23FN2. The molecule has 1 aromatic carbocycles. The van der Waals surface area contributed by atoms with Crippen molar-refractivity contribution in [3.8, 4) is 0 Å². The molecule has 0 spiro atoms. The number of nitrogens with zero attached hydrogens (tertiary/aromatic N) is 1. The van der Waals surface area contributed by atoms with E-state index in [2.05, 4.69) is 18.7 Å². The van der Waals surface area contributed by atoms with Crippen molar-refractivity contribution >= 4 is 5.69 Å². The summed E-state index contributed by atoms with van der Waals surface area (Å²) in [5.41, 5.74) is 8.05. The minimum absolute atomic E-state index is 0.0564. The van der Waals surface area contributed by atoms with Crippen molar-refractivity contribution in [2.24, 2.45) is 11.7 Å². The van der Waals surface area contributed by atoms with Gasteiger partial charge in [0.1, 0.15) is 5.82 Å². The highest BCUT2D eigenvalue weighted by Gasteiger charge is 2.27. The van der Waals surface area contributed by atoms with E-state index in [-0.39, 0.29) is 11.9 Å². The van der Waals surface area contributed by atoms with Crippen LogP contribution in [0, 0.1) is 11.7 Å². The molecule has 2 rings (SSSR count). The first kappa shape index (κ1) is 13.3. The zero-order valence-corrected chi connectivity index (χ0v) is 11.5. The van der Waals surface area contributed by atoms with Gasteiger partial charge in [-0.3, -0.25) is 0 Å². The van der Waals surface area contributed by atoms with Gasteiger partial charge in [-0.25, -0.2) is 4.39 Å². The molecule has 0 aromatic heterocycles. The van der Waals surface area contributed by atoms with E-state index in [1.165, 1.54) is 6.42 Å². The predicted octanol–water partition coefficient (Wildman–Crippen LogP) is 2.95. The topological polar surface area (TPSA) is 29.3 Å². The summed E-state index contributed by atoms with van der Waals surface area (Å²) >= 11 is 0. The highest BCUT2D eigenvalue weighted by molar-refractivity contribution is 5.55. The summed E-state index contributed by atoms with van der Waals surface area (Å²) in [5, 5.41) is 0. The molecule has 1 saturated heterocycles. The molecule has 0 aliphatic carbocycles. The van der Waals surface area contributed by atoms with Crippen molar-refractivity contribution in [2.45, 2.75) is 45.7 Å². The van der Waals surface area contributed by atoms with Crippen LogP contribution >= 0.6 is 0 Å². The third-order valence-corrected chi connectivity index (χ3v) is 3.68. The Bertz CT molecular complexity index is 417. The molecule has 2 N–H and O–H groups in total. The number of hydrogen-bond acceptors (Lipinski definition) is 2. The van der Waals surface area contributed by atoms with Crippen LogP contribution in [0.1, 0.15) is 32.8 Å². The lowest BCUT2D eigenvalue weighted by Gasteiger charge is -2.27. The average Bonchev–Trinajstić information content (AvgIpc) is 2.57. The van der Waals surface area contributed by atoms with E-state index in [9.17, 15) is 4.39 Å². The second-order valence-electron chi connectivity index (χ2n) is 5.80. The van der Waals surface area contributed by atoms with Crippen LogP contribution in [0.2, 0.25) is 0 Å². The fraction of sp³-hybridized carbons (Fsp3) is 0.600. The molecule has 3 heteroatoms. The van der Waals surface area contributed by atoms with Gasteiger partial charge in [0.25, 0.3) is 0 Å². The maximum absolute atomic E-state index is 13.4. The molecule has 18 heavy (non-hydrogen) atoms. The number of rotatable bonds is 3. The monoisotopic (exact) mass is 250 g/mol.